The quantitative estimate of drug-likeness (QED) is 0.702. The smallest absolute Gasteiger partial charge is 0.163 e. The topological polar surface area (TPSA) is 36.9 Å². The van der Waals surface area contributed by atoms with E-state index < -0.39 is 11.6 Å². The van der Waals surface area contributed by atoms with Gasteiger partial charge in [-0.25, -0.2) is 0 Å². The van der Waals surface area contributed by atoms with Crippen molar-refractivity contribution in [1.29, 1.82) is 0 Å². The first-order valence-electron chi connectivity index (χ1n) is 5.56. The van der Waals surface area contributed by atoms with Crippen LogP contribution in [0.25, 0.3) is 0 Å². The summed E-state index contributed by atoms with van der Waals surface area (Å²) >= 11 is 5.88. The molecular weight excluding hydrogens is 232 g/mol. The summed E-state index contributed by atoms with van der Waals surface area (Å²) in [5.41, 5.74) is 0. The van der Waals surface area contributed by atoms with Gasteiger partial charge >= 0.3 is 0 Å². The molecule has 5 heteroatoms. The second-order valence-electron chi connectivity index (χ2n) is 5.16. The molecule has 0 unspecified atom stereocenters. The van der Waals surface area contributed by atoms with E-state index in [2.05, 4.69) is 0 Å². The van der Waals surface area contributed by atoms with Crippen LogP contribution in [0.5, 0.6) is 0 Å². The molecule has 2 fully saturated rings. The molecule has 0 amide bonds. The fourth-order valence-corrected chi connectivity index (χ4v) is 2.41. The van der Waals surface area contributed by atoms with Gasteiger partial charge in [-0.1, -0.05) is 0 Å². The zero-order valence-electron chi connectivity index (χ0n) is 10.2. The van der Waals surface area contributed by atoms with Gasteiger partial charge in [0.25, 0.3) is 0 Å². The summed E-state index contributed by atoms with van der Waals surface area (Å²) in [6.07, 6.45) is -0.408. The number of alkyl halides is 1. The number of hydrogen-bond donors (Lipinski definition) is 0. The summed E-state index contributed by atoms with van der Waals surface area (Å²) in [7, 11) is 0. The van der Waals surface area contributed by atoms with Crippen LogP contribution in [-0.2, 0) is 18.9 Å². The molecule has 0 bridgehead atoms. The Kier molecular flexibility index (Phi) is 3.23. The Morgan fingerprint density at radius 1 is 1.06 bits per heavy atom. The van der Waals surface area contributed by atoms with Crippen molar-refractivity contribution in [3.63, 3.8) is 0 Å². The monoisotopic (exact) mass is 250 g/mol. The normalized spacial score (nSPS) is 41.4. The van der Waals surface area contributed by atoms with E-state index in [0.717, 1.165) is 0 Å². The molecule has 0 saturated carbocycles. The van der Waals surface area contributed by atoms with Crippen molar-refractivity contribution >= 4 is 11.6 Å². The lowest BCUT2D eigenvalue weighted by Gasteiger charge is -2.23. The Hall–Kier alpha value is 0.130. The zero-order valence-corrected chi connectivity index (χ0v) is 10.9. The maximum atomic E-state index is 5.88. The largest absolute Gasteiger partial charge is 0.348 e. The van der Waals surface area contributed by atoms with Crippen LogP contribution >= 0.6 is 11.6 Å². The van der Waals surface area contributed by atoms with E-state index in [9.17, 15) is 0 Å². The highest BCUT2D eigenvalue weighted by Gasteiger charge is 2.49. The van der Waals surface area contributed by atoms with Crippen LogP contribution in [0, 0.1) is 0 Å². The molecular formula is C11H19ClO4. The van der Waals surface area contributed by atoms with Crippen LogP contribution in [-0.4, -0.2) is 42.4 Å². The number of halogens is 1. The highest BCUT2D eigenvalue weighted by molar-refractivity contribution is 6.18. The molecule has 2 saturated heterocycles. The van der Waals surface area contributed by atoms with Crippen LogP contribution in [0.3, 0.4) is 0 Å². The van der Waals surface area contributed by atoms with Crippen molar-refractivity contribution in [3.05, 3.63) is 0 Å². The molecule has 2 heterocycles. The van der Waals surface area contributed by atoms with Crippen molar-refractivity contribution < 1.29 is 18.9 Å². The van der Waals surface area contributed by atoms with Crippen molar-refractivity contribution in [2.24, 2.45) is 0 Å². The van der Waals surface area contributed by atoms with E-state index in [1.807, 2.05) is 27.7 Å². The Morgan fingerprint density at radius 3 is 2.25 bits per heavy atom. The third-order valence-corrected chi connectivity index (χ3v) is 3.07. The molecule has 0 N–H and O–H groups in total. The number of ether oxygens (including phenoxy) is 4. The first-order valence-corrected chi connectivity index (χ1v) is 6.10. The first kappa shape index (κ1) is 12.6. The number of hydrogen-bond acceptors (Lipinski definition) is 4. The van der Waals surface area contributed by atoms with Crippen LogP contribution in [0.2, 0.25) is 0 Å². The molecule has 0 aromatic carbocycles. The molecule has 2 rings (SSSR count). The molecule has 2 aliphatic heterocycles. The molecule has 2 aliphatic rings. The van der Waals surface area contributed by atoms with E-state index in [4.69, 9.17) is 30.5 Å². The standard InChI is InChI=1S/C11H19ClO4/c1-10(2)13-6-8(15-10)9-7(5-12)14-11(3,4)16-9/h7-9H,5-6H2,1-4H3/t7-,8+,9-/m1/s1. The molecule has 94 valence electrons. The van der Waals surface area contributed by atoms with Crippen LogP contribution in [0.4, 0.5) is 0 Å². The van der Waals surface area contributed by atoms with E-state index >= 15 is 0 Å². The van der Waals surface area contributed by atoms with Crippen molar-refractivity contribution in [2.45, 2.75) is 57.6 Å². The summed E-state index contributed by atoms with van der Waals surface area (Å²) < 4.78 is 22.8. The zero-order chi connectivity index (χ0) is 12.0. The fraction of sp³-hybridized carbons (Fsp3) is 1.00. The molecule has 16 heavy (non-hydrogen) atoms. The maximum absolute atomic E-state index is 5.88. The lowest BCUT2D eigenvalue weighted by atomic mass is 10.1. The minimum Gasteiger partial charge on any atom is -0.348 e. The van der Waals surface area contributed by atoms with Gasteiger partial charge in [-0.15, -0.1) is 11.6 Å². The maximum Gasteiger partial charge on any atom is 0.163 e. The minimum absolute atomic E-state index is 0.111. The molecule has 0 aromatic heterocycles. The summed E-state index contributed by atoms with van der Waals surface area (Å²) in [6.45, 7) is 8.07. The SMILES string of the molecule is CC1(C)OC[C@@H]([C@@H]2OC(C)(C)O[C@@H]2CCl)O1. The van der Waals surface area contributed by atoms with E-state index in [1.54, 1.807) is 0 Å². The Labute approximate surface area is 101 Å². The predicted octanol–water partition coefficient (Wildman–Crippen LogP) is 1.90. The van der Waals surface area contributed by atoms with Gasteiger partial charge in [0.2, 0.25) is 0 Å². The van der Waals surface area contributed by atoms with Crippen LogP contribution in [0.15, 0.2) is 0 Å². The van der Waals surface area contributed by atoms with Gasteiger partial charge in [0.05, 0.1) is 12.5 Å². The third kappa shape index (κ3) is 2.51. The Morgan fingerprint density at radius 2 is 1.75 bits per heavy atom. The van der Waals surface area contributed by atoms with Crippen LogP contribution < -0.4 is 0 Å². The van der Waals surface area contributed by atoms with Gasteiger partial charge in [-0.2, -0.15) is 0 Å². The molecule has 0 spiro atoms. The Bertz CT molecular complexity index is 267. The number of rotatable bonds is 2. The fourth-order valence-electron chi connectivity index (χ4n) is 2.17. The molecule has 0 aliphatic carbocycles. The first-order chi connectivity index (χ1) is 7.33. The third-order valence-electron chi connectivity index (χ3n) is 2.77. The second kappa shape index (κ2) is 4.10. The van der Waals surface area contributed by atoms with E-state index in [0.29, 0.717) is 12.5 Å². The second-order valence-corrected chi connectivity index (χ2v) is 5.47. The average Bonchev–Trinajstić information content (AvgIpc) is 2.65. The summed E-state index contributed by atoms with van der Waals surface area (Å²) in [5, 5.41) is 0. The summed E-state index contributed by atoms with van der Waals surface area (Å²) in [4.78, 5) is 0. The van der Waals surface area contributed by atoms with Crippen molar-refractivity contribution in [1.82, 2.24) is 0 Å². The lowest BCUT2D eigenvalue weighted by Crippen LogP contribution is -2.39. The highest BCUT2D eigenvalue weighted by Crippen LogP contribution is 2.35. The summed E-state index contributed by atoms with van der Waals surface area (Å²) in [5.74, 6) is -0.744. The molecule has 3 atom stereocenters. The average molecular weight is 251 g/mol. The Balaban J connectivity index is 2.04. The van der Waals surface area contributed by atoms with Crippen molar-refractivity contribution in [2.75, 3.05) is 12.5 Å². The van der Waals surface area contributed by atoms with Gasteiger partial charge in [-0.05, 0) is 27.7 Å². The van der Waals surface area contributed by atoms with Gasteiger partial charge in [0.1, 0.15) is 18.3 Å². The molecule has 0 aromatic rings. The molecule has 0 radical (unpaired) electrons. The predicted molar refractivity (Wildman–Crippen MR) is 59.4 cm³/mol. The van der Waals surface area contributed by atoms with Gasteiger partial charge in [0, 0.05) is 0 Å². The van der Waals surface area contributed by atoms with E-state index in [1.165, 1.54) is 0 Å². The highest BCUT2D eigenvalue weighted by atomic mass is 35.5. The minimum atomic E-state index is -0.597. The molecule has 4 nitrogen and oxygen atoms in total. The van der Waals surface area contributed by atoms with Crippen molar-refractivity contribution in [3.8, 4) is 0 Å². The van der Waals surface area contributed by atoms with Crippen LogP contribution in [0.1, 0.15) is 27.7 Å². The van der Waals surface area contributed by atoms with E-state index in [-0.39, 0.29) is 18.3 Å². The van der Waals surface area contributed by atoms with Gasteiger partial charge in [-0.3, -0.25) is 0 Å². The van der Waals surface area contributed by atoms with Gasteiger partial charge < -0.3 is 18.9 Å². The summed E-state index contributed by atoms with van der Waals surface area (Å²) in [6, 6.07) is 0. The van der Waals surface area contributed by atoms with Gasteiger partial charge in [0.15, 0.2) is 11.6 Å². The lowest BCUT2D eigenvalue weighted by molar-refractivity contribution is -0.174.